The van der Waals surface area contributed by atoms with E-state index in [0.29, 0.717) is 31.1 Å². The van der Waals surface area contributed by atoms with Gasteiger partial charge in [0.15, 0.2) is 0 Å². The Bertz CT molecular complexity index is 617. The summed E-state index contributed by atoms with van der Waals surface area (Å²) in [5, 5.41) is 0. The molecule has 2 aliphatic heterocycles. The Labute approximate surface area is 118 Å². The van der Waals surface area contributed by atoms with Gasteiger partial charge in [0, 0.05) is 33.2 Å². The first kappa shape index (κ1) is 13.4. The number of sulfonamides is 1. The molecule has 2 aliphatic rings. The normalized spacial score (nSPS) is 24.1. The second-order valence-corrected chi connectivity index (χ2v) is 7.12. The average molecular weight is 295 g/mol. The molecule has 0 aromatic heterocycles. The molecule has 0 bridgehead atoms. The number of amides is 2. The van der Waals surface area contributed by atoms with E-state index in [1.807, 2.05) is 0 Å². The summed E-state index contributed by atoms with van der Waals surface area (Å²) in [6.45, 7) is 1.76. The molecule has 6 nitrogen and oxygen atoms in total. The van der Waals surface area contributed by atoms with E-state index in [2.05, 4.69) is 0 Å². The number of benzene rings is 1. The Morgan fingerprint density at radius 2 is 1.80 bits per heavy atom. The minimum Gasteiger partial charge on any atom is -0.326 e. The monoisotopic (exact) mass is 295 g/mol. The van der Waals surface area contributed by atoms with Crippen molar-refractivity contribution in [2.75, 3.05) is 33.2 Å². The van der Waals surface area contributed by atoms with Gasteiger partial charge in [0.2, 0.25) is 10.0 Å². The van der Waals surface area contributed by atoms with Crippen LogP contribution in [0.4, 0.5) is 4.79 Å². The summed E-state index contributed by atoms with van der Waals surface area (Å²) >= 11 is 0. The summed E-state index contributed by atoms with van der Waals surface area (Å²) < 4.78 is 26.6. The fourth-order valence-corrected chi connectivity index (χ4v) is 4.30. The van der Waals surface area contributed by atoms with Crippen LogP contribution in [0.25, 0.3) is 0 Å². The third-order valence-electron chi connectivity index (χ3n) is 3.88. The fourth-order valence-electron chi connectivity index (χ4n) is 2.81. The lowest BCUT2D eigenvalue weighted by Crippen LogP contribution is -2.53. The van der Waals surface area contributed by atoms with Crippen LogP contribution in [0.1, 0.15) is 0 Å². The number of nitrogens with zero attached hydrogens (tertiary/aromatic N) is 3. The zero-order valence-corrected chi connectivity index (χ0v) is 12.1. The van der Waals surface area contributed by atoms with Crippen LogP contribution in [0.3, 0.4) is 0 Å². The maximum absolute atomic E-state index is 12.5. The Kier molecular flexibility index (Phi) is 3.18. The third kappa shape index (κ3) is 2.06. The summed E-state index contributed by atoms with van der Waals surface area (Å²) in [5.74, 6) is 0. The van der Waals surface area contributed by atoms with Gasteiger partial charge in [-0.15, -0.1) is 0 Å². The lowest BCUT2D eigenvalue weighted by molar-refractivity contribution is 0.161. The van der Waals surface area contributed by atoms with Crippen LogP contribution in [0.15, 0.2) is 35.2 Å². The van der Waals surface area contributed by atoms with E-state index >= 15 is 0 Å². The van der Waals surface area contributed by atoms with E-state index in [-0.39, 0.29) is 12.1 Å². The molecule has 1 aromatic carbocycles. The standard InChI is InChI=1S/C13H17N3O3S/c1-14-9-11-10-15(7-8-16(11)13(14)17)20(18,19)12-5-3-2-4-6-12/h2-6,11H,7-10H2,1H3. The van der Waals surface area contributed by atoms with Crippen molar-refractivity contribution in [1.82, 2.24) is 14.1 Å². The molecule has 0 aliphatic carbocycles. The summed E-state index contributed by atoms with van der Waals surface area (Å²) in [7, 11) is -1.71. The number of hydrogen-bond acceptors (Lipinski definition) is 3. The zero-order valence-electron chi connectivity index (χ0n) is 11.3. The van der Waals surface area contributed by atoms with E-state index in [1.165, 1.54) is 4.31 Å². The van der Waals surface area contributed by atoms with Crippen molar-refractivity contribution >= 4 is 16.1 Å². The van der Waals surface area contributed by atoms with Gasteiger partial charge in [0.1, 0.15) is 0 Å². The number of carbonyl (C=O) groups excluding carboxylic acids is 1. The number of fused-ring (bicyclic) bond motifs is 1. The van der Waals surface area contributed by atoms with Crippen LogP contribution in [0.2, 0.25) is 0 Å². The second-order valence-electron chi connectivity index (χ2n) is 5.19. The van der Waals surface area contributed by atoms with Gasteiger partial charge >= 0.3 is 6.03 Å². The molecule has 108 valence electrons. The molecule has 2 amide bonds. The highest BCUT2D eigenvalue weighted by Gasteiger charge is 2.42. The van der Waals surface area contributed by atoms with Gasteiger partial charge in [-0.1, -0.05) is 18.2 Å². The minimum absolute atomic E-state index is 0.00763. The van der Waals surface area contributed by atoms with Gasteiger partial charge in [-0.05, 0) is 12.1 Å². The number of carbonyl (C=O) groups is 1. The number of urea groups is 1. The first-order chi connectivity index (χ1) is 9.50. The van der Waals surface area contributed by atoms with Gasteiger partial charge in [0.05, 0.1) is 10.9 Å². The van der Waals surface area contributed by atoms with E-state index in [9.17, 15) is 13.2 Å². The predicted octanol–water partition coefficient (Wildman–Crippen LogP) is 0.427. The van der Waals surface area contributed by atoms with Crippen LogP contribution < -0.4 is 0 Å². The van der Waals surface area contributed by atoms with Gasteiger partial charge in [0.25, 0.3) is 0 Å². The summed E-state index contributed by atoms with van der Waals surface area (Å²) in [5.41, 5.74) is 0. The van der Waals surface area contributed by atoms with Crippen LogP contribution in [0, 0.1) is 0 Å². The Morgan fingerprint density at radius 1 is 1.10 bits per heavy atom. The van der Waals surface area contributed by atoms with Gasteiger partial charge in [-0.2, -0.15) is 4.31 Å². The molecule has 1 aromatic rings. The molecule has 2 heterocycles. The zero-order chi connectivity index (χ0) is 14.3. The molecular weight excluding hydrogens is 278 g/mol. The molecule has 20 heavy (non-hydrogen) atoms. The maximum Gasteiger partial charge on any atom is 0.320 e. The Morgan fingerprint density at radius 3 is 2.50 bits per heavy atom. The highest BCUT2D eigenvalue weighted by Crippen LogP contribution is 2.24. The quantitative estimate of drug-likeness (QED) is 0.795. The van der Waals surface area contributed by atoms with Crippen molar-refractivity contribution in [3.63, 3.8) is 0 Å². The first-order valence-electron chi connectivity index (χ1n) is 6.57. The highest BCUT2D eigenvalue weighted by atomic mass is 32.2. The van der Waals surface area contributed by atoms with Crippen molar-refractivity contribution < 1.29 is 13.2 Å². The lowest BCUT2D eigenvalue weighted by atomic mass is 10.2. The van der Waals surface area contributed by atoms with Crippen molar-refractivity contribution in [1.29, 1.82) is 0 Å². The molecule has 2 saturated heterocycles. The topological polar surface area (TPSA) is 60.9 Å². The van der Waals surface area contributed by atoms with E-state index < -0.39 is 10.0 Å². The Balaban J connectivity index is 1.82. The number of piperazine rings is 1. The average Bonchev–Trinajstić information content (AvgIpc) is 2.74. The summed E-state index contributed by atoms with van der Waals surface area (Å²) in [6, 6.07) is 8.39. The maximum atomic E-state index is 12.5. The smallest absolute Gasteiger partial charge is 0.320 e. The first-order valence-corrected chi connectivity index (χ1v) is 8.01. The van der Waals surface area contributed by atoms with Gasteiger partial charge in [-0.3, -0.25) is 0 Å². The van der Waals surface area contributed by atoms with E-state index in [1.54, 1.807) is 47.2 Å². The third-order valence-corrected chi connectivity index (χ3v) is 5.76. The molecule has 2 fully saturated rings. The predicted molar refractivity (Wildman–Crippen MR) is 73.7 cm³/mol. The van der Waals surface area contributed by atoms with Crippen LogP contribution in [-0.2, 0) is 10.0 Å². The molecule has 3 rings (SSSR count). The van der Waals surface area contributed by atoms with Crippen molar-refractivity contribution in [2.24, 2.45) is 0 Å². The van der Waals surface area contributed by atoms with Gasteiger partial charge in [-0.25, -0.2) is 13.2 Å². The summed E-state index contributed by atoms with van der Waals surface area (Å²) in [6.07, 6.45) is 0. The molecular formula is C13H17N3O3S. The molecule has 7 heteroatoms. The molecule has 1 atom stereocenters. The molecule has 0 saturated carbocycles. The van der Waals surface area contributed by atoms with Crippen LogP contribution in [0.5, 0.6) is 0 Å². The van der Waals surface area contributed by atoms with E-state index in [0.717, 1.165) is 0 Å². The molecule has 0 N–H and O–H groups in total. The number of hydrogen-bond donors (Lipinski definition) is 0. The molecule has 0 spiro atoms. The largest absolute Gasteiger partial charge is 0.326 e. The number of rotatable bonds is 2. The Hall–Kier alpha value is -1.60. The molecule has 0 radical (unpaired) electrons. The van der Waals surface area contributed by atoms with Crippen LogP contribution >= 0.6 is 0 Å². The second kappa shape index (κ2) is 4.75. The lowest BCUT2D eigenvalue weighted by Gasteiger charge is -2.35. The SMILES string of the molecule is CN1CC2CN(S(=O)(=O)c3ccccc3)CCN2C1=O. The van der Waals surface area contributed by atoms with Gasteiger partial charge < -0.3 is 9.80 Å². The van der Waals surface area contributed by atoms with Crippen molar-refractivity contribution in [2.45, 2.75) is 10.9 Å². The summed E-state index contributed by atoms with van der Waals surface area (Å²) in [4.78, 5) is 15.6. The van der Waals surface area contributed by atoms with Crippen molar-refractivity contribution in [3.05, 3.63) is 30.3 Å². The highest BCUT2D eigenvalue weighted by molar-refractivity contribution is 7.89. The van der Waals surface area contributed by atoms with Crippen molar-refractivity contribution in [3.8, 4) is 0 Å². The van der Waals surface area contributed by atoms with Crippen LogP contribution in [-0.4, -0.2) is 67.8 Å². The fraction of sp³-hybridized carbons (Fsp3) is 0.462. The number of likely N-dealkylation sites (N-methyl/N-ethyl adjacent to an activating group) is 1. The molecule has 1 unspecified atom stereocenters. The van der Waals surface area contributed by atoms with E-state index in [4.69, 9.17) is 0 Å². The minimum atomic E-state index is -3.46.